The Balaban J connectivity index is 0.000000351. The van der Waals surface area contributed by atoms with Crippen LogP contribution in [-0.2, 0) is 28.3 Å². The molecule has 1 aromatic heterocycles. The van der Waals surface area contributed by atoms with Crippen LogP contribution in [0, 0.1) is 0 Å². The number of rotatable bonds is 5. The number of aromatic nitrogens is 1. The average molecular weight is 388 g/mol. The third-order valence-corrected chi connectivity index (χ3v) is 3.96. The summed E-state index contributed by atoms with van der Waals surface area (Å²) < 4.78 is 0. The van der Waals surface area contributed by atoms with Crippen molar-refractivity contribution in [2.45, 2.75) is 12.5 Å². The van der Waals surface area contributed by atoms with Gasteiger partial charge in [0.2, 0.25) is 0 Å². The molecule has 0 aliphatic rings. The normalized spacial score (nSPS) is 11.1. The topological polar surface area (TPSA) is 65.1 Å². The van der Waals surface area contributed by atoms with Gasteiger partial charge in [-0.1, -0.05) is 23.9 Å². The van der Waals surface area contributed by atoms with E-state index >= 15 is 0 Å². The van der Waals surface area contributed by atoms with Crippen LogP contribution in [0.4, 0.5) is 5.69 Å². The molecule has 0 bridgehead atoms. The van der Waals surface area contributed by atoms with E-state index in [2.05, 4.69) is 10.3 Å². The number of fused-ring (bicyclic) bond motifs is 1. The second kappa shape index (κ2) is 9.66. The number of H-pyrrole nitrogens is 1. The summed E-state index contributed by atoms with van der Waals surface area (Å²) in [4.78, 5) is 14.6. The number of aromatic amines is 1. The van der Waals surface area contributed by atoms with Crippen LogP contribution in [0.1, 0.15) is 5.56 Å². The fourth-order valence-corrected chi connectivity index (χ4v) is 2.71. The first-order valence-electron chi connectivity index (χ1n) is 8.17. The zero-order valence-corrected chi connectivity index (χ0v) is 15.2. The number of anilines is 1. The van der Waals surface area contributed by atoms with Gasteiger partial charge in [0.25, 0.3) is 0 Å². The Labute approximate surface area is 163 Å². The van der Waals surface area contributed by atoms with Crippen molar-refractivity contribution in [2.75, 3.05) is 5.32 Å². The number of hydrogen-bond donors (Lipinski definition) is 3. The molecule has 134 valence electrons. The van der Waals surface area contributed by atoms with E-state index in [4.69, 9.17) is 0 Å². The first-order chi connectivity index (χ1) is 12.2. The van der Waals surface area contributed by atoms with Gasteiger partial charge in [-0.15, -0.1) is 0 Å². The molecule has 1 atom stereocenters. The number of hydrogen-bond acceptors (Lipinski definition) is 2. The summed E-state index contributed by atoms with van der Waals surface area (Å²) in [6.07, 6.45) is 2.32. The van der Waals surface area contributed by atoms with Crippen molar-refractivity contribution in [3.05, 3.63) is 90.6 Å². The first kappa shape index (κ1) is 19.6. The van der Waals surface area contributed by atoms with Gasteiger partial charge in [0.15, 0.2) is 0 Å². The standard InChI is InChI=1S/C16H15N2O2.C5H5.Fe/c19-16(20)15(18-12-5-1-2-6-12)9-11-10-17-14-8-4-3-7-13(11)14;1-2-4-5-3-1;/h1-8,10,15,17-18H,9H2,(H,19,20);1-5H;/q2*-1;+2/t15-;;/m0../s1. The molecule has 4 aromatic rings. The zero-order valence-electron chi connectivity index (χ0n) is 14.1. The molecule has 4 nitrogen and oxygen atoms in total. The summed E-state index contributed by atoms with van der Waals surface area (Å²) in [5.74, 6) is -0.850. The van der Waals surface area contributed by atoms with Gasteiger partial charge in [-0.05, 0) is 11.6 Å². The maximum Gasteiger partial charge on any atom is 2.00 e. The van der Waals surface area contributed by atoms with Crippen LogP contribution in [0.5, 0.6) is 0 Å². The van der Waals surface area contributed by atoms with Crippen LogP contribution in [0.25, 0.3) is 10.9 Å². The van der Waals surface area contributed by atoms with Crippen LogP contribution in [0.3, 0.4) is 0 Å². The number of carboxylic acids is 1. The summed E-state index contributed by atoms with van der Waals surface area (Å²) in [6.45, 7) is 0. The summed E-state index contributed by atoms with van der Waals surface area (Å²) in [5, 5.41) is 13.5. The second-order valence-electron chi connectivity index (χ2n) is 5.73. The third kappa shape index (κ3) is 5.12. The molecule has 0 unspecified atom stereocenters. The van der Waals surface area contributed by atoms with Gasteiger partial charge in [-0.25, -0.2) is 24.3 Å². The Morgan fingerprint density at radius 1 is 1.12 bits per heavy atom. The summed E-state index contributed by atoms with van der Waals surface area (Å²) in [5.41, 5.74) is 2.87. The molecule has 3 N–H and O–H groups in total. The van der Waals surface area contributed by atoms with E-state index < -0.39 is 12.0 Å². The van der Waals surface area contributed by atoms with Gasteiger partial charge in [-0.2, -0.15) is 30.3 Å². The molecule has 1 heterocycles. The fourth-order valence-electron chi connectivity index (χ4n) is 2.71. The van der Waals surface area contributed by atoms with Gasteiger partial charge in [0.05, 0.1) is 0 Å². The van der Waals surface area contributed by atoms with Crippen LogP contribution in [0.15, 0.2) is 85.1 Å². The predicted molar refractivity (Wildman–Crippen MR) is 101 cm³/mol. The molecule has 0 aliphatic carbocycles. The van der Waals surface area contributed by atoms with Crippen LogP contribution in [0.2, 0.25) is 0 Å². The molecular weight excluding hydrogens is 368 g/mol. The maximum absolute atomic E-state index is 11.4. The van der Waals surface area contributed by atoms with E-state index in [9.17, 15) is 9.90 Å². The number of nitrogens with one attached hydrogen (secondary N) is 2. The van der Waals surface area contributed by atoms with E-state index in [0.717, 1.165) is 22.2 Å². The smallest absolute Gasteiger partial charge is 0.480 e. The minimum absolute atomic E-state index is 0. The molecule has 0 spiro atoms. The van der Waals surface area contributed by atoms with Crippen molar-refractivity contribution in [1.82, 2.24) is 4.98 Å². The van der Waals surface area contributed by atoms with E-state index in [1.54, 1.807) is 0 Å². The van der Waals surface area contributed by atoms with Gasteiger partial charge in [0.1, 0.15) is 6.04 Å². The summed E-state index contributed by atoms with van der Waals surface area (Å²) in [6, 6.07) is 24.8. The summed E-state index contributed by atoms with van der Waals surface area (Å²) in [7, 11) is 0. The van der Waals surface area contributed by atoms with Crippen molar-refractivity contribution >= 4 is 22.6 Å². The minimum atomic E-state index is -0.850. The second-order valence-corrected chi connectivity index (χ2v) is 5.73. The maximum atomic E-state index is 11.4. The largest absolute Gasteiger partial charge is 2.00 e. The molecule has 0 aliphatic heterocycles. The molecular formula is C21H20FeN2O2. The summed E-state index contributed by atoms with van der Waals surface area (Å²) >= 11 is 0. The predicted octanol–water partition coefficient (Wildman–Crippen LogP) is 4.40. The Bertz CT molecular complexity index is 878. The van der Waals surface area contributed by atoms with Crippen molar-refractivity contribution in [3.8, 4) is 0 Å². The fraction of sp³-hybridized carbons (Fsp3) is 0.0952. The number of benzene rings is 1. The van der Waals surface area contributed by atoms with E-state index in [-0.39, 0.29) is 17.1 Å². The molecule has 0 amide bonds. The number of para-hydroxylation sites is 1. The van der Waals surface area contributed by atoms with Crippen molar-refractivity contribution in [3.63, 3.8) is 0 Å². The van der Waals surface area contributed by atoms with Crippen molar-refractivity contribution in [2.24, 2.45) is 0 Å². The minimum Gasteiger partial charge on any atom is -0.480 e. The molecule has 3 aromatic carbocycles. The Hall–Kier alpha value is -2.75. The first-order valence-corrected chi connectivity index (χ1v) is 8.17. The average Bonchev–Trinajstić information content (AvgIpc) is 3.38. The SMILES string of the molecule is O=C(O)[C@H](Cc1c[nH]c2ccccc12)N[c-]1cccc1.[Fe+2].c1cc[cH-]c1. The van der Waals surface area contributed by atoms with Gasteiger partial charge in [-0.3, -0.25) is 4.79 Å². The Kier molecular flexibility index (Phi) is 7.27. The molecule has 0 radical (unpaired) electrons. The Morgan fingerprint density at radius 3 is 2.42 bits per heavy atom. The van der Waals surface area contributed by atoms with Crippen molar-refractivity contribution in [1.29, 1.82) is 0 Å². The quantitative estimate of drug-likeness (QED) is 0.351. The van der Waals surface area contributed by atoms with E-state index in [1.165, 1.54) is 0 Å². The Morgan fingerprint density at radius 2 is 1.81 bits per heavy atom. The van der Waals surface area contributed by atoms with Gasteiger partial charge >= 0.3 is 23.0 Å². The van der Waals surface area contributed by atoms with Crippen LogP contribution in [-0.4, -0.2) is 22.1 Å². The molecule has 0 saturated heterocycles. The van der Waals surface area contributed by atoms with Gasteiger partial charge < -0.3 is 15.4 Å². The molecule has 0 saturated carbocycles. The van der Waals surface area contributed by atoms with E-state index in [1.807, 2.05) is 85.1 Å². The number of carbonyl (C=O) groups is 1. The number of aliphatic carboxylic acids is 1. The molecule has 0 fully saturated rings. The monoisotopic (exact) mass is 388 g/mol. The zero-order chi connectivity index (χ0) is 17.5. The van der Waals surface area contributed by atoms with E-state index in [0.29, 0.717) is 6.42 Å². The molecule has 4 rings (SSSR count). The molecule has 5 heteroatoms. The van der Waals surface area contributed by atoms with Gasteiger partial charge in [0, 0.05) is 23.5 Å². The third-order valence-electron chi connectivity index (χ3n) is 3.96. The number of carboxylic acid groups (broad SMARTS) is 1. The van der Waals surface area contributed by atoms with Crippen molar-refractivity contribution < 1.29 is 27.0 Å². The molecule has 26 heavy (non-hydrogen) atoms. The van der Waals surface area contributed by atoms with Crippen LogP contribution >= 0.6 is 0 Å². The van der Waals surface area contributed by atoms with Crippen LogP contribution < -0.4 is 5.32 Å².